The number of piperazine rings is 1. The number of pyridine rings is 1. The summed E-state index contributed by atoms with van der Waals surface area (Å²) in [6, 6.07) is 5.07. The fraction of sp³-hybridized carbons (Fsp3) is 0.737. The molecule has 2 aliphatic heterocycles. The highest BCUT2D eigenvalue weighted by Crippen LogP contribution is 2.26. The van der Waals surface area contributed by atoms with Crippen LogP contribution in [0.5, 0.6) is 0 Å². The lowest BCUT2D eigenvalue weighted by Crippen LogP contribution is -2.49. The number of hydrogen-bond donors (Lipinski definition) is 0. The summed E-state index contributed by atoms with van der Waals surface area (Å²) in [5, 5.41) is 0. The Balaban J connectivity index is 1.33. The second kappa shape index (κ2) is 8.22. The van der Waals surface area contributed by atoms with Gasteiger partial charge in [-0.15, -0.1) is 0 Å². The molecule has 1 aromatic rings. The van der Waals surface area contributed by atoms with Crippen molar-refractivity contribution >= 4 is 0 Å². The van der Waals surface area contributed by atoms with Gasteiger partial charge in [0.2, 0.25) is 0 Å². The van der Waals surface area contributed by atoms with E-state index in [1.807, 2.05) is 12.4 Å². The topological polar surface area (TPSA) is 22.6 Å². The maximum absolute atomic E-state index is 4.13. The van der Waals surface area contributed by atoms with Crippen molar-refractivity contribution in [2.45, 2.75) is 38.6 Å². The van der Waals surface area contributed by atoms with E-state index < -0.39 is 0 Å². The number of hydrogen-bond acceptors (Lipinski definition) is 4. The van der Waals surface area contributed by atoms with Gasteiger partial charge in [-0.1, -0.05) is 0 Å². The highest BCUT2D eigenvalue weighted by molar-refractivity contribution is 5.17. The van der Waals surface area contributed by atoms with Crippen LogP contribution < -0.4 is 0 Å². The first-order chi connectivity index (χ1) is 11.2. The minimum Gasteiger partial charge on any atom is -0.303 e. The maximum Gasteiger partial charge on any atom is 0.0270 e. The van der Waals surface area contributed by atoms with E-state index in [2.05, 4.69) is 45.7 Å². The summed E-state index contributed by atoms with van der Waals surface area (Å²) in [4.78, 5) is 12.0. The zero-order valence-corrected chi connectivity index (χ0v) is 14.8. The van der Waals surface area contributed by atoms with Gasteiger partial charge in [0.1, 0.15) is 0 Å². The molecule has 2 saturated heterocycles. The Morgan fingerprint density at radius 2 is 1.70 bits per heavy atom. The second-order valence-electron chi connectivity index (χ2n) is 7.39. The Labute approximate surface area is 141 Å². The van der Waals surface area contributed by atoms with E-state index in [1.54, 1.807) is 0 Å². The molecule has 2 aliphatic rings. The van der Waals surface area contributed by atoms with Gasteiger partial charge in [-0.25, -0.2) is 0 Å². The molecule has 128 valence electrons. The van der Waals surface area contributed by atoms with E-state index in [9.17, 15) is 0 Å². The summed E-state index contributed by atoms with van der Waals surface area (Å²) in [6.07, 6.45) is 6.46. The number of likely N-dealkylation sites (tertiary alicyclic amines) is 1. The fourth-order valence-electron chi connectivity index (χ4n) is 3.96. The molecular formula is C19H32N4. The van der Waals surface area contributed by atoms with Crippen molar-refractivity contribution < 1.29 is 0 Å². The molecule has 1 atom stereocenters. The van der Waals surface area contributed by atoms with Crippen molar-refractivity contribution in [1.82, 2.24) is 19.7 Å². The quantitative estimate of drug-likeness (QED) is 0.803. The molecule has 0 unspecified atom stereocenters. The lowest BCUT2D eigenvalue weighted by Gasteiger charge is -2.37. The Kier molecular flexibility index (Phi) is 6.03. The molecule has 0 spiro atoms. The summed E-state index contributed by atoms with van der Waals surface area (Å²) >= 11 is 0. The molecular weight excluding hydrogens is 284 g/mol. The van der Waals surface area contributed by atoms with Crippen molar-refractivity contribution in [3.8, 4) is 0 Å². The van der Waals surface area contributed by atoms with Crippen LogP contribution in [0.4, 0.5) is 0 Å². The average molecular weight is 316 g/mol. The van der Waals surface area contributed by atoms with Gasteiger partial charge in [-0.05, 0) is 69.9 Å². The molecule has 0 bridgehead atoms. The molecule has 0 N–H and O–H groups in total. The van der Waals surface area contributed by atoms with Gasteiger partial charge in [0.15, 0.2) is 0 Å². The van der Waals surface area contributed by atoms with Gasteiger partial charge in [0.25, 0.3) is 0 Å². The Morgan fingerprint density at radius 3 is 2.39 bits per heavy atom. The summed E-state index contributed by atoms with van der Waals surface area (Å²) in [7, 11) is 0. The molecule has 0 aliphatic carbocycles. The van der Waals surface area contributed by atoms with E-state index in [-0.39, 0.29) is 0 Å². The molecule has 1 aromatic heterocycles. The van der Waals surface area contributed by atoms with Gasteiger partial charge < -0.3 is 9.80 Å². The Hall–Kier alpha value is -0.970. The number of aromatic nitrogens is 1. The summed E-state index contributed by atoms with van der Waals surface area (Å²) in [5.41, 5.74) is 1.47. The third kappa shape index (κ3) is 4.75. The van der Waals surface area contributed by atoms with Crippen molar-refractivity contribution in [2.75, 3.05) is 52.4 Å². The summed E-state index contributed by atoms with van der Waals surface area (Å²) in [6.45, 7) is 14.6. The lowest BCUT2D eigenvalue weighted by molar-refractivity contribution is 0.105. The van der Waals surface area contributed by atoms with Gasteiger partial charge in [-0.3, -0.25) is 9.88 Å². The zero-order chi connectivity index (χ0) is 16.1. The van der Waals surface area contributed by atoms with Crippen LogP contribution in [0.25, 0.3) is 0 Å². The molecule has 0 amide bonds. The van der Waals surface area contributed by atoms with Crippen molar-refractivity contribution in [2.24, 2.45) is 0 Å². The number of nitrogens with zero attached hydrogens (tertiary/aromatic N) is 4. The van der Waals surface area contributed by atoms with E-state index in [4.69, 9.17) is 0 Å². The SMILES string of the molecule is CC(C)N1CCN(CCCN2CC[C@@H](c3ccncc3)C2)CC1. The van der Waals surface area contributed by atoms with E-state index >= 15 is 0 Å². The molecule has 3 heterocycles. The minimum absolute atomic E-state index is 0.701. The molecule has 4 nitrogen and oxygen atoms in total. The van der Waals surface area contributed by atoms with E-state index in [0.717, 1.165) is 0 Å². The van der Waals surface area contributed by atoms with Gasteiger partial charge >= 0.3 is 0 Å². The van der Waals surface area contributed by atoms with Gasteiger partial charge in [0.05, 0.1) is 0 Å². The van der Waals surface area contributed by atoms with Gasteiger partial charge in [-0.2, -0.15) is 0 Å². The molecule has 0 saturated carbocycles. The predicted molar refractivity (Wildman–Crippen MR) is 95.8 cm³/mol. The monoisotopic (exact) mass is 316 g/mol. The van der Waals surface area contributed by atoms with Crippen molar-refractivity contribution in [3.63, 3.8) is 0 Å². The molecule has 2 fully saturated rings. The van der Waals surface area contributed by atoms with Crippen LogP contribution in [-0.2, 0) is 0 Å². The Morgan fingerprint density at radius 1 is 1.00 bits per heavy atom. The average Bonchev–Trinajstić information content (AvgIpc) is 3.05. The molecule has 0 aromatic carbocycles. The molecule has 3 rings (SSSR count). The molecule has 0 radical (unpaired) electrons. The van der Waals surface area contributed by atoms with E-state index in [1.165, 1.54) is 70.8 Å². The first-order valence-electron chi connectivity index (χ1n) is 9.31. The predicted octanol–water partition coefficient (Wildman–Crippen LogP) is 2.29. The van der Waals surface area contributed by atoms with Crippen LogP contribution in [0.2, 0.25) is 0 Å². The minimum atomic E-state index is 0.701. The third-order valence-electron chi connectivity index (χ3n) is 5.54. The highest BCUT2D eigenvalue weighted by atomic mass is 15.3. The lowest BCUT2D eigenvalue weighted by atomic mass is 10.00. The second-order valence-corrected chi connectivity index (χ2v) is 7.39. The Bertz CT molecular complexity index is 454. The number of rotatable bonds is 6. The van der Waals surface area contributed by atoms with Crippen LogP contribution in [0.15, 0.2) is 24.5 Å². The highest BCUT2D eigenvalue weighted by Gasteiger charge is 2.24. The van der Waals surface area contributed by atoms with Gasteiger partial charge in [0, 0.05) is 51.2 Å². The zero-order valence-electron chi connectivity index (χ0n) is 14.8. The third-order valence-corrected chi connectivity index (χ3v) is 5.54. The van der Waals surface area contributed by atoms with Crippen LogP contribution in [0.1, 0.15) is 38.2 Å². The first kappa shape index (κ1) is 16.9. The fourth-order valence-corrected chi connectivity index (χ4v) is 3.96. The van der Waals surface area contributed by atoms with Crippen molar-refractivity contribution in [3.05, 3.63) is 30.1 Å². The summed E-state index contributed by atoms with van der Waals surface area (Å²) < 4.78 is 0. The standard InChI is InChI=1S/C19H32N4/c1-17(2)23-14-12-21(13-15-23)9-3-10-22-11-6-19(16-22)18-4-7-20-8-5-18/h4-5,7-8,17,19H,3,6,9-16H2,1-2H3/t19-/m1/s1. The van der Waals surface area contributed by atoms with Crippen LogP contribution in [-0.4, -0.2) is 78.1 Å². The molecule has 23 heavy (non-hydrogen) atoms. The smallest absolute Gasteiger partial charge is 0.0270 e. The van der Waals surface area contributed by atoms with E-state index in [0.29, 0.717) is 12.0 Å². The maximum atomic E-state index is 4.13. The normalized spacial score (nSPS) is 24.6. The largest absolute Gasteiger partial charge is 0.303 e. The van der Waals surface area contributed by atoms with Crippen molar-refractivity contribution in [1.29, 1.82) is 0 Å². The van der Waals surface area contributed by atoms with Crippen LogP contribution in [0, 0.1) is 0 Å². The van der Waals surface area contributed by atoms with Crippen LogP contribution >= 0.6 is 0 Å². The summed E-state index contributed by atoms with van der Waals surface area (Å²) in [5.74, 6) is 0.715. The molecule has 4 heteroatoms. The van der Waals surface area contributed by atoms with Crippen LogP contribution in [0.3, 0.4) is 0 Å². The first-order valence-corrected chi connectivity index (χ1v) is 9.31.